The first kappa shape index (κ1) is 23.1. The minimum atomic E-state index is -0.0682. The van der Waals surface area contributed by atoms with E-state index in [-0.39, 0.29) is 5.43 Å². The highest BCUT2D eigenvalue weighted by atomic mass is 16.5. The third-order valence-electron chi connectivity index (χ3n) is 5.00. The molecule has 0 atom stereocenters. The molecule has 1 heterocycles. The second-order valence-corrected chi connectivity index (χ2v) is 7.65. The Kier molecular flexibility index (Phi) is 9.18. The summed E-state index contributed by atoms with van der Waals surface area (Å²) in [7, 11) is 0. The van der Waals surface area contributed by atoms with Crippen LogP contribution < -0.4 is 25.5 Å². The lowest BCUT2D eigenvalue weighted by atomic mass is 10.1. The zero-order chi connectivity index (χ0) is 21.9. The van der Waals surface area contributed by atoms with Crippen LogP contribution in [0.5, 0.6) is 11.5 Å². The lowest BCUT2D eigenvalue weighted by Crippen LogP contribution is -2.18. The molecule has 3 aromatic rings. The quantitative estimate of drug-likeness (QED) is 0.292. The van der Waals surface area contributed by atoms with Crippen molar-refractivity contribution in [1.29, 1.82) is 0 Å². The van der Waals surface area contributed by atoms with Crippen LogP contribution in [0, 0.1) is 0 Å². The molecule has 0 spiro atoms. The molecule has 0 fully saturated rings. The molecule has 168 valence electrons. The molecule has 0 aliphatic carbocycles. The molecule has 0 aliphatic heterocycles. The fourth-order valence-corrected chi connectivity index (χ4v) is 3.37. The van der Waals surface area contributed by atoms with Gasteiger partial charge < -0.3 is 24.5 Å². The maximum atomic E-state index is 13.1. The van der Waals surface area contributed by atoms with Crippen LogP contribution in [0.2, 0.25) is 0 Å². The Balaban J connectivity index is 1.67. The number of rotatable bonds is 14. The summed E-state index contributed by atoms with van der Waals surface area (Å²) in [5.74, 6) is 1.36. The summed E-state index contributed by atoms with van der Waals surface area (Å²) in [6.45, 7) is 9.39. The second-order valence-electron chi connectivity index (χ2n) is 7.65. The number of ether oxygens (including phenoxy) is 2. The van der Waals surface area contributed by atoms with Crippen LogP contribution in [-0.2, 0) is 0 Å². The lowest BCUT2D eigenvalue weighted by molar-refractivity contribution is 0.308. The zero-order valence-electron chi connectivity index (χ0n) is 18.7. The molecule has 0 saturated heterocycles. The van der Waals surface area contributed by atoms with E-state index >= 15 is 0 Å². The van der Waals surface area contributed by atoms with E-state index in [1.54, 1.807) is 24.3 Å². The molecule has 6 heteroatoms. The van der Waals surface area contributed by atoms with Crippen LogP contribution in [0.25, 0.3) is 21.9 Å². The monoisotopic (exact) mass is 426 g/mol. The Hall–Kier alpha value is -2.57. The van der Waals surface area contributed by atoms with Gasteiger partial charge in [-0.1, -0.05) is 13.8 Å². The van der Waals surface area contributed by atoms with Gasteiger partial charge in [-0.05, 0) is 88.3 Å². The molecule has 1 aromatic heterocycles. The minimum Gasteiger partial charge on any atom is -0.494 e. The fourth-order valence-electron chi connectivity index (χ4n) is 3.37. The highest BCUT2D eigenvalue weighted by Crippen LogP contribution is 2.25. The molecule has 0 aliphatic rings. The van der Waals surface area contributed by atoms with Gasteiger partial charge in [-0.2, -0.15) is 0 Å². The molecule has 0 saturated carbocycles. The molecule has 0 bridgehead atoms. The van der Waals surface area contributed by atoms with Crippen LogP contribution in [0.3, 0.4) is 0 Å². The maximum absolute atomic E-state index is 13.1. The van der Waals surface area contributed by atoms with Crippen LogP contribution in [0.1, 0.15) is 39.5 Å². The van der Waals surface area contributed by atoms with Gasteiger partial charge in [-0.3, -0.25) is 4.79 Å². The number of hydrogen-bond donors (Lipinski definition) is 2. The van der Waals surface area contributed by atoms with E-state index in [9.17, 15) is 4.79 Å². The van der Waals surface area contributed by atoms with E-state index in [1.807, 2.05) is 12.1 Å². The molecule has 3 rings (SSSR count). The van der Waals surface area contributed by atoms with Crippen molar-refractivity contribution in [2.24, 2.45) is 0 Å². The number of hydrogen-bond acceptors (Lipinski definition) is 6. The molecule has 2 N–H and O–H groups in total. The van der Waals surface area contributed by atoms with Crippen LogP contribution in [0.15, 0.2) is 45.6 Å². The topological polar surface area (TPSA) is 72.7 Å². The smallest absolute Gasteiger partial charge is 0.200 e. The van der Waals surface area contributed by atoms with Crippen molar-refractivity contribution in [1.82, 2.24) is 10.6 Å². The van der Waals surface area contributed by atoms with Gasteiger partial charge in [0.05, 0.1) is 24.0 Å². The number of nitrogens with one attached hydrogen (secondary N) is 2. The number of fused-ring (bicyclic) bond motifs is 2. The molecular weight excluding hydrogens is 392 g/mol. The Morgan fingerprint density at radius 3 is 1.68 bits per heavy atom. The van der Waals surface area contributed by atoms with Gasteiger partial charge >= 0.3 is 0 Å². The first-order valence-corrected chi connectivity index (χ1v) is 11.4. The number of benzene rings is 2. The van der Waals surface area contributed by atoms with Crippen molar-refractivity contribution < 1.29 is 13.9 Å². The Morgan fingerprint density at radius 2 is 1.23 bits per heavy atom. The second kappa shape index (κ2) is 12.3. The maximum Gasteiger partial charge on any atom is 0.200 e. The first-order chi connectivity index (χ1) is 15.2. The molecule has 6 nitrogen and oxygen atoms in total. The van der Waals surface area contributed by atoms with E-state index in [4.69, 9.17) is 13.9 Å². The third-order valence-corrected chi connectivity index (χ3v) is 5.00. The van der Waals surface area contributed by atoms with E-state index in [0.717, 1.165) is 51.9 Å². The first-order valence-electron chi connectivity index (χ1n) is 11.4. The van der Waals surface area contributed by atoms with E-state index < -0.39 is 0 Å². The van der Waals surface area contributed by atoms with Crippen molar-refractivity contribution >= 4 is 21.9 Å². The van der Waals surface area contributed by atoms with Gasteiger partial charge in [-0.15, -0.1) is 0 Å². The van der Waals surface area contributed by atoms with Gasteiger partial charge in [0, 0.05) is 0 Å². The van der Waals surface area contributed by atoms with Crippen molar-refractivity contribution in [3.63, 3.8) is 0 Å². The Morgan fingerprint density at radius 1 is 0.742 bits per heavy atom. The van der Waals surface area contributed by atoms with Gasteiger partial charge in [-0.25, -0.2) is 0 Å². The molecule has 0 unspecified atom stereocenters. The molecule has 2 aromatic carbocycles. The molecular formula is C25H34N2O4. The van der Waals surface area contributed by atoms with Gasteiger partial charge in [0.1, 0.15) is 22.7 Å². The Bertz CT molecular complexity index is 938. The molecule has 0 radical (unpaired) electrons. The van der Waals surface area contributed by atoms with Crippen molar-refractivity contribution in [3.05, 3.63) is 46.6 Å². The third kappa shape index (κ3) is 6.71. The highest BCUT2D eigenvalue weighted by molar-refractivity contribution is 5.90. The van der Waals surface area contributed by atoms with E-state index in [0.29, 0.717) is 46.7 Å². The highest BCUT2D eigenvalue weighted by Gasteiger charge is 2.10. The summed E-state index contributed by atoms with van der Waals surface area (Å²) in [6.07, 6.45) is 4.08. The predicted octanol–water partition coefficient (Wildman–Crippen LogP) is 4.48. The van der Waals surface area contributed by atoms with Crippen molar-refractivity contribution in [2.75, 3.05) is 39.4 Å². The minimum absolute atomic E-state index is 0.0682. The van der Waals surface area contributed by atoms with E-state index in [1.165, 1.54) is 0 Å². The van der Waals surface area contributed by atoms with Gasteiger partial charge in [0.2, 0.25) is 5.43 Å². The molecule has 0 amide bonds. The summed E-state index contributed by atoms with van der Waals surface area (Å²) in [5.41, 5.74) is 1.05. The average Bonchev–Trinajstić information content (AvgIpc) is 2.79. The van der Waals surface area contributed by atoms with Gasteiger partial charge in [0.25, 0.3) is 0 Å². The van der Waals surface area contributed by atoms with Gasteiger partial charge in [0.15, 0.2) is 0 Å². The predicted molar refractivity (Wildman–Crippen MR) is 127 cm³/mol. The van der Waals surface area contributed by atoms with Crippen LogP contribution in [-0.4, -0.2) is 39.4 Å². The fraction of sp³-hybridized carbons (Fsp3) is 0.480. The van der Waals surface area contributed by atoms with Crippen molar-refractivity contribution in [2.45, 2.75) is 39.5 Å². The summed E-state index contributed by atoms with van der Waals surface area (Å²) < 4.78 is 17.6. The normalized spacial score (nSPS) is 11.3. The largest absolute Gasteiger partial charge is 0.494 e. The summed E-state index contributed by atoms with van der Waals surface area (Å²) in [6, 6.07) is 10.8. The average molecular weight is 427 g/mol. The summed E-state index contributed by atoms with van der Waals surface area (Å²) >= 11 is 0. The lowest BCUT2D eigenvalue weighted by Gasteiger charge is -2.09. The SMILES string of the molecule is CCCNCCCOc1ccc2oc3ccc(OCCCNCCC)cc3c(=O)c2c1. The van der Waals surface area contributed by atoms with Crippen LogP contribution in [0.4, 0.5) is 0 Å². The standard InChI is InChI=1S/C25H34N2O4/c1-3-11-26-13-5-15-29-19-7-9-23-21(17-19)25(28)22-18-20(8-10-24(22)31-23)30-16-6-14-27-12-4-2/h7-10,17-18,26-27H,3-6,11-16H2,1-2H3. The Labute approximate surface area is 183 Å². The van der Waals surface area contributed by atoms with Crippen LogP contribution >= 0.6 is 0 Å². The zero-order valence-corrected chi connectivity index (χ0v) is 18.7. The van der Waals surface area contributed by atoms with Crippen molar-refractivity contribution in [3.8, 4) is 11.5 Å². The summed E-state index contributed by atoms with van der Waals surface area (Å²) in [5, 5.41) is 7.75. The van der Waals surface area contributed by atoms with E-state index in [2.05, 4.69) is 24.5 Å². The summed E-state index contributed by atoms with van der Waals surface area (Å²) in [4.78, 5) is 13.1. The molecule has 31 heavy (non-hydrogen) atoms.